The number of nitrogens with zero attached hydrogens (tertiary/aromatic N) is 1. The van der Waals surface area contributed by atoms with E-state index < -0.39 is 0 Å². The van der Waals surface area contributed by atoms with E-state index in [9.17, 15) is 0 Å². The number of alkyl halides is 1. The van der Waals surface area contributed by atoms with E-state index in [1.807, 2.05) is 11.7 Å². The first-order chi connectivity index (χ1) is 7.40. The molecule has 0 amide bonds. The topological polar surface area (TPSA) is 24.9 Å². The van der Waals surface area contributed by atoms with Crippen LogP contribution < -0.4 is 5.32 Å². The molecule has 0 saturated heterocycles. The van der Waals surface area contributed by atoms with Crippen molar-refractivity contribution in [2.75, 3.05) is 12.4 Å². The first-order valence-corrected chi connectivity index (χ1v) is 6.95. The van der Waals surface area contributed by atoms with E-state index in [1.54, 1.807) is 11.3 Å². The number of rotatable bonds is 5. The number of nitrogens with one attached hydrogen (secondary N) is 1. The van der Waals surface area contributed by atoms with Crippen LogP contribution >= 0.6 is 22.9 Å². The number of hydrogen-bond donors (Lipinski definition) is 1. The van der Waals surface area contributed by atoms with Crippen LogP contribution in [-0.2, 0) is 6.54 Å². The molecular formula is C11H17ClN2S. The first kappa shape index (κ1) is 11.4. The minimum Gasteiger partial charge on any atom is -0.312 e. The molecule has 2 atom stereocenters. The predicted octanol–water partition coefficient (Wildman–Crippen LogP) is 2.89. The highest BCUT2D eigenvalue weighted by atomic mass is 35.5. The van der Waals surface area contributed by atoms with Gasteiger partial charge in [-0.2, -0.15) is 0 Å². The van der Waals surface area contributed by atoms with Gasteiger partial charge in [-0.05, 0) is 31.2 Å². The molecule has 0 aromatic carbocycles. The maximum Gasteiger partial charge on any atom is 0.0794 e. The maximum absolute atomic E-state index is 5.95. The van der Waals surface area contributed by atoms with Gasteiger partial charge >= 0.3 is 0 Å². The zero-order valence-electron chi connectivity index (χ0n) is 8.79. The normalized spacial score (nSPS) is 25.9. The average molecular weight is 245 g/mol. The molecule has 1 saturated carbocycles. The molecule has 2 rings (SSSR count). The van der Waals surface area contributed by atoms with Crippen LogP contribution in [0.1, 0.15) is 24.1 Å². The van der Waals surface area contributed by atoms with E-state index in [0.29, 0.717) is 0 Å². The van der Waals surface area contributed by atoms with Gasteiger partial charge in [-0.1, -0.05) is 6.42 Å². The van der Waals surface area contributed by atoms with E-state index >= 15 is 0 Å². The molecule has 1 aliphatic carbocycles. The molecule has 1 aromatic heterocycles. The Balaban J connectivity index is 1.69. The Morgan fingerprint density at radius 3 is 3.07 bits per heavy atom. The van der Waals surface area contributed by atoms with E-state index in [2.05, 4.69) is 10.3 Å². The van der Waals surface area contributed by atoms with Gasteiger partial charge in [-0.25, -0.2) is 0 Å². The van der Waals surface area contributed by atoms with Gasteiger partial charge in [0.1, 0.15) is 0 Å². The molecule has 1 aliphatic rings. The molecule has 15 heavy (non-hydrogen) atoms. The summed E-state index contributed by atoms with van der Waals surface area (Å²) < 4.78 is 0. The van der Waals surface area contributed by atoms with E-state index in [0.717, 1.165) is 30.8 Å². The van der Waals surface area contributed by atoms with Gasteiger partial charge in [0.15, 0.2) is 0 Å². The number of thiazole rings is 1. The molecule has 1 heterocycles. The van der Waals surface area contributed by atoms with Crippen molar-refractivity contribution < 1.29 is 0 Å². The molecule has 84 valence electrons. The fourth-order valence-corrected chi connectivity index (χ4v) is 3.27. The average Bonchev–Trinajstić information content (AvgIpc) is 2.88. The second-order valence-corrected chi connectivity index (χ2v) is 5.48. The third-order valence-electron chi connectivity index (χ3n) is 3.20. The van der Waals surface area contributed by atoms with Crippen LogP contribution in [-0.4, -0.2) is 17.4 Å². The number of aromatic nitrogens is 1. The SMILES string of the molecule is ClCC1CCCC1CNCc1cncs1. The fourth-order valence-electron chi connectivity index (χ4n) is 2.30. The van der Waals surface area contributed by atoms with Crippen LogP contribution in [0.25, 0.3) is 0 Å². The van der Waals surface area contributed by atoms with Crippen LogP contribution in [0.2, 0.25) is 0 Å². The lowest BCUT2D eigenvalue weighted by Crippen LogP contribution is -2.25. The summed E-state index contributed by atoms with van der Waals surface area (Å²) in [5.41, 5.74) is 1.88. The van der Waals surface area contributed by atoms with Crippen molar-refractivity contribution in [2.24, 2.45) is 11.8 Å². The Bertz CT molecular complexity index is 276. The minimum absolute atomic E-state index is 0.737. The zero-order chi connectivity index (χ0) is 10.5. The van der Waals surface area contributed by atoms with Crippen LogP contribution in [0, 0.1) is 11.8 Å². The Morgan fingerprint density at radius 2 is 2.33 bits per heavy atom. The summed E-state index contributed by atoms with van der Waals surface area (Å²) in [6.07, 6.45) is 5.94. The summed E-state index contributed by atoms with van der Waals surface area (Å²) in [6, 6.07) is 0. The summed E-state index contributed by atoms with van der Waals surface area (Å²) in [4.78, 5) is 5.38. The Hall–Kier alpha value is -0.120. The second kappa shape index (κ2) is 5.83. The summed E-state index contributed by atoms with van der Waals surface area (Å²) in [6.45, 7) is 2.06. The molecule has 2 nitrogen and oxygen atoms in total. The van der Waals surface area contributed by atoms with E-state index in [1.165, 1.54) is 24.1 Å². The lowest BCUT2D eigenvalue weighted by molar-refractivity contribution is 0.396. The molecule has 2 unspecified atom stereocenters. The van der Waals surface area contributed by atoms with Crippen molar-refractivity contribution in [2.45, 2.75) is 25.8 Å². The van der Waals surface area contributed by atoms with Gasteiger partial charge in [0, 0.05) is 23.5 Å². The van der Waals surface area contributed by atoms with Crippen molar-refractivity contribution in [1.82, 2.24) is 10.3 Å². The highest BCUT2D eigenvalue weighted by Crippen LogP contribution is 2.31. The van der Waals surface area contributed by atoms with Crippen molar-refractivity contribution in [1.29, 1.82) is 0 Å². The van der Waals surface area contributed by atoms with Crippen LogP contribution in [0.5, 0.6) is 0 Å². The lowest BCUT2D eigenvalue weighted by atomic mass is 9.98. The Kier molecular flexibility index (Phi) is 4.42. The Morgan fingerprint density at radius 1 is 1.47 bits per heavy atom. The van der Waals surface area contributed by atoms with Crippen LogP contribution in [0.4, 0.5) is 0 Å². The van der Waals surface area contributed by atoms with Gasteiger partial charge < -0.3 is 5.32 Å². The molecule has 0 aliphatic heterocycles. The largest absolute Gasteiger partial charge is 0.312 e. The second-order valence-electron chi connectivity index (χ2n) is 4.20. The molecule has 0 spiro atoms. The maximum atomic E-state index is 5.95. The van der Waals surface area contributed by atoms with Gasteiger partial charge in [-0.3, -0.25) is 4.98 Å². The lowest BCUT2D eigenvalue weighted by Gasteiger charge is -2.17. The van der Waals surface area contributed by atoms with Crippen LogP contribution in [0.3, 0.4) is 0 Å². The molecule has 1 N–H and O–H groups in total. The first-order valence-electron chi connectivity index (χ1n) is 5.54. The molecule has 4 heteroatoms. The van der Waals surface area contributed by atoms with E-state index in [-0.39, 0.29) is 0 Å². The Labute approximate surface area is 100 Å². The molecule has 0 radical (unpaired) electrons. The third kappa shape index (κ3) is 3.16. The highest BCUT2D eigenvalue weighted by Gasteiger charge is 2.25. The van der Waals surface area contributed by atoms with Gasteiger partial charge in [0.2, 0.25) is 0 Å². The summed E-state index contributed by atoms with van der Waals surface area (Å²) >= 11 is 7.66. The van der Waals surface area contributed by atoms with Gasteiger partial charge in [0.05, 0.1) is 5.51 Å². The van der Waals surface area contributed by atoms with Gasteiger partial charge in [-0.15, -0.1) is 22.9 Å². The molecule has 0 bridgehead atoms. The summed E-state index contributed by atoms with van der Waals surface area (Å²) in [5.74, 6) is 2.35. The van der Waals surface area contributed by atoms with Gasteiger partial charge in [0.25, 0.3) is 0 Å². The molecule has 1 aromatic rings. The monoisotopic (exact) mass is 244 g/mol. The number of hydrogen-bond acceptors (Lipinski definition) is 3. The van der Waals surface area contributed by atoms with Crippen molar-refractivity contribution in [3.05, 3.63) is 16.6 Å². The summed E-state index contributed by atoms with van der Waals surface area (Å²) in [5, 5.41) is 3.51. The third-order valence-corrected chi connectivity index (χ3v) is 4.38. The van der Waals surface area contributed by atoms with Crippen molar-refractivity contribution in [3.63, 3.8) is 0 Å². The van der Waals surface area contributed by atoms with Crippen LogP contribution in [0.15, 0.2) is 11.7 Å². The zero-order valence-corrected chi connectivity index (χ0v) is 10.4. The fraction of sp³-hybridized carbons (Fsp3) is 0.727. The minimum atomic E-state index is 0.737. The molecular weight excluding hydrogens is 228 g/mol. The van der Waals surface area contributed by atoms with Crippen molar-refractivity contribution in [3.8, 4) is 0 Å². The smallest absolute Gasteiger partial charge is 0.0794 e. The summed E-state index contributed by atoms with van der Waals surface area (Å²) in [7, 11) is 0. The van der Waals surface area contributed by atoms with E-state index in [4.69, 9.17) is 11.6 Å². The standard InChI is InChI=1S/C11H17ClN2S/c12-4-9-2-1-3-10(9)5-13-6-11-7-14-8-15-11/h7-10,13H,1-6H2. The molecule has 1 fully saturated rings. The van der Waals surface area contributed by atoms with Crippen molar-refractivity contribution >= 4 is 22.9 Å². The predicted molar refractivity (Wildman–Crippen MR) is 65.4 cm³/mol. The highest BCUT2D eigenvalue weighted by molar-refractivity contribution is 7.09. The number of halogens is 1. The quantitative estimate of drug-likeness (QED) is 0.806.